The van der Waals surface area contributed by atoms with Crippen molar-refractivity contribution in [2.24, 2.45) is 0 Å². The Labute approximate surface area is 152 Å². The largest absolute Gasteiger partial charge is 0.321 e. The van der Waals surface area contributed by atoms with Gasteiger partial charge in [0.05, 0.1) is 5.69 Å². The van der Waals surface area contributed by atoms with Gasteiger partial charge in [-0.25, -0.2) is 0 Å². The zero-order chi connectivity index (χ0) is 18.1. The van der Waals surface area contributed by atoms with Gasteiger partial charge in [-0.2, -0.15) is 0 Å². The van der Waals surface area contributed by atoms with Gasteiger partial charge in [0.1, 0.15) is 0 Å². The molecule has 1 amide bonds. The summed E-state index contributed by atoms with van der Waals surface area (Å²) in [5.74, 6) is -0.0969. The summed E-state index contributed by atoms with van der Waals surface area (Å²) in [6, 6.07) is 21.3. The molecule has 0 saturated heterocycles. The van der Waals surface area contributed by atoms with E-state index < -0.39 is 0 Å². The van der Waals surface area contributed by atoms with E-state index >= 15 is 0 Å². The number of fused-ring (bicyclic) bond motifs is 1. The highest BCUT2D eigenvalue weighted by atomic mass is 16.1. The van der Waals surface area contributed by atoms with Crippen molar-refractivity contribution in [3.63, 3.8) is 0 Å². The number of Topliss-reactive ketones (excluding diaryl/α,β-unsaturated/α-hetero) is 1. The number of benzene rings is 3. The Balaban J connectivity index is 1.73. The van der Waals surface area contributed by atoms with Crippen LogP contribution in [-0.2, 0) is 6.42 Å². The van der Waals surface area contributed by atoms with E-state index in [1.807, 2.05) is 67.6 Å². The van der Waals surface area contributed by atoms with Gasteiger partial charge in [-0.3, -0.25) is 9.59 Å². The monoisotopic (exact) mass is 341 g/mol. The molecule has 0 aromatic heterocycles. The summed E-state index contributed by atoms with van der Waals surface area (Å²) in [5, 5.41) is 2.94. The molecule has 0 saturated carbocycles. The number of hydrogen-bond donors (Lipinski definition) is 1. The molecule has 0 heterocycles. The number of carbonyl (C=O) groups is 2. The lowest BCUT2D eigenvalue weighted by molar-refractivity contribution is 0.0995. The van der Waals surface area contributed by atoms with Gasteiger partial charge >= 0.3 is 0 Å². The first-order valence-electron chi connectivity index (χ1n) is 8.76. The Morgan fingerprint density at radius 1 is 0.923 bits per heavy atom. The minimum absolute atomic E-state index is 0.0947. The molecule has 4 rings (SSSR count). The van der Waals surface area contributed by atoms with Gasteiger partial charge in [0.25, 0.3) is 5.91 Å². The van der Waals surface area contributed by atoms with Crippen molar-refractivity contribution in [3.05, 3.63) is 89.0 Å². The lowest BCUT2D eigenvalue weighted by Crippen LogP contribution is -2.14. The quantitative estimate of drug-likeness (QED) is 0.725. The Hall–Kier alpha value is -3.20. The van der Waals surface area contributed by atoms with Crippen LogP contribution in [-0.4, -0.2) is 11.7 Å². The zero-order valence-corrected chi connectivity index (χ0v) is 14.6. The molecule has 26 heavy (non-hydrogen) atoms. The first-order valence-corrected chi connectivity index (χ1v) is 8.76. The second kappa shape index (κ2) is 6.60. The molecule has 0 fully saturated rings. The standard InChI is InChI=1S/C23H19NO2/c1-15-6-5-9-17(14-15)23(26)24-20-12-10-18(16-7-3-2-4-8-16)19-11-13-21(25)22(19)20/h2-10,12,14H,11,13H2,1H3,(H,24,26). The molecule has 0 spiro atoms. The maximum Gasteiger partial charge on any atom is 0.255 e. The van der Waals surface area contributed by atoms with Crippen molar-refractivity contribution in [1.29, 1.82) is 0 Å². The van der Waals surface area contributed by atoms with Crippen LogP contribution in [0, 0.1) is 6.92 Å². The lowest BCUT2D eigenvalue weighted by atomic mass is 9.95. The predicted molar refractivity (Wildman–Crippen MR) is 104 cm³/mol. The van der Waals surface area contributed by atoms with Crippen molar-refractivity contribution in [1.82, 2.24) is 0 Å². The van der Waals surface area contributed by atoms with Gasteiger partial charge in [0, 0.05) is 17.5 Å². The van der Waals surface area contributed by atoms with E-state index in [9.17, 15) is 9.59 Å². The molecule has 0 unspecified atom stereocenters. The maximum absolute atomic E-state index is 12.6. The van der Waals surface area contributed by atoms with Crippen molar-refractivity contribution >= 4 is 17.4 Å². The molecule has 0 bridgehead atoms. The Bertz CT molecular complexity index is 1010. The van der Waals surface area contributed by atoms with Gasteiger partial charge in [-0.15, -0.1) is 0 Å². The van der Waals surface area contributed by atoms with E-state index in [1.165, 1.54) is 0 Å². The van der Waals surface area contributed by atoms with Crippen molar-refractivity contribution in [2.45, 2.75) is 19.8 Å². The molecule has 3 aromatic rings. The fraction of sp³-hybridized carbons (Fsp3) is 0.130. The third kappa shape index (κ3) is 2.92. The fourth-order valence-corrected chi connectivity index (χ4v) is 3.56. The molecule has 0 aliphatic heterocycles. The molecule has 128 valence electrons. The SMILES string of the molecule is Cc1cccc(C(=O)Nc2ccc(-c3ccccc3)c3c2C(=O)CC3)c1. The van der Waals surface area contributed by atoms with E-state index in [-0.39, 0.29) is 11.7 Å². The van der Waals surface area contributed by atoms with Crippen LogP contribution in [0.25, 0.3) is 11.1 Å². The summed E-state index contributed by atoms with van der Waals surface area (Å²) in [5.41, 5.74) is 6.08. The molecular weight excluding hydrogens is 322 g/mol. The average Bonchev–Trinajstić information content (AvgIpc) is 3.05. The van der Waals surface area contributed by atoms with Crippen molar-refractivity contribution < 1.29 is 9.59 Å². The number of aryl methyl sites for hydroxylation is 1. The molecular formula is C23H19NO2. The summed E-state index contributed by atoms with van der Waals surface area (Å²) in [6.07, 6.45) is 1.21. The summed E-state index contributed by atoms with van der Waals surface area (Å²) in [4.78, 5) is 25.1. The summed E-state index contributed by atoms with van der Waals surface area (Å²) in [7, 11) is 0. The molecule has 0 atom stereocenters. The highest BCUT2D eigenvalue weighted by molar-refractivity contribution is 6.12. The Kier molecular flexibility index (Phi) is 4.13. The molecule has 3 nitrogen and oxygen atoms in total. The van der Waals surface area contributed by atoms with Gasteiger partial charge in [0.15, 0.2) is 5.78 Å². The fourth-order valence-electron chi connectivity index (χ4n) is 3.56. The molecule has 0 radical (unpaired) electrons. The van der Waals surface area contributed by atoms with Crippen molar-refractivity contribution in [2.75, 3.05) is 5.32 Å². The molecule has 1 N–H and O–H groups in total. The van der Waals surface area contributed by atoms with Gasteiger partial charge in [-0.1, -0.05) is 54.1 Å². The number of ketones is 1. The highest BCUT2D eigenvalue weighted by Crippen LogP contribution is 2.37. The summed E-state index contributed by atoms with van der Waals surface area (Å²) < 4.78 is 0. The minimum atomic E-state index is -0.192. The minimum Gasteiger partial charge on any atom is -0.321 e. The molecule has 3 aromatic carbocycles. The molecule has 3 heteroatoms. The number of nitrogens with one attached hydrogen (secondary N) is 1. The number of anilines is 1. The number of hydrogen-bond acceptors (Lipinski definition) is 2. The van der Waals surface area contributed by atoms with Crippen LogP contribution >= 0.6 is 0 Å². The predicted octanol–water partition coefficient (Wildman–Crippen LogP) is 5.04. The normalized spacial score (nSPS) is 12.7. The van der Waals surface area contributed by atoms with Crippen LogP contribution in [0.1, 0.15) is 38.3 Å². The summed E-state index contributed by atoms with van der Waals surface area (Å²) in [6.45, 7) is 1.95. The average molecular weight is 341 g/mol. The first kappa shape index (κ1) is 16.3. The smallest absolute Gasteiger partial charge is 0.255 e. The van der Waals surface area contributed by atoms with Crippen LogP contribution in [0.4, 0.5) is 5.69 Å². The van der Waals surface area contributed by atoms with E-state index in [1.54, 1.807) is 6.07 Å². The van der Waals surface area contributed by atoms with E-state index in [2.05, 4.69) is 5.32 Å². The number of carbonyl (C=O) groups excluding carboxylic acids is 2. The summed E-state index contributed by atoms with van der Waals surface area (Å²) >= 11 is 0. The van der Waals surface area contributed by atoms with Crippen LogP contribution in [0.3, 0.4) is 0 Å². The Morgan fingerprint density at radius 3 is 2.50 bits per heavy atom. The third-order valence-electron chi connectivity index (χ3n) is 4.81. The van der Waals surface area contributed by atoms with E-state index in [4.69, 9.17) is 0 Å². The van der Waals surface area contributed by atoms with Gasteiger partial charge in [0.2, 0.25) is 0 Å². The molecule has 1 aliphatic rings. The van der Waals surface area contributed by atoms with E-state index in [0.717, 1.165) is 22.3 Å². The van der Waals surface area contributed by atoms with E-state index in [0.29, 0.717) is 29.7 Å². The van der Waals surface area contributed by atoms with Crippen molar-refractivity contribution in [3.8, 4) is 11.1 Å². The topological polar surface area (TPSA) is 46.2 Å². The van der Waals surface area contributed by atoms with Crippen LogP contribution in [0.2, 0.25) is 0 Å². The number of amides is 1. The van der Waals surface area contributed by atoms with Crippen LogP contribution < -0.4 is 5.32 Å². The van der Waals surface area contributed by atoms with Crippen LogP contribution in [0.15, 0.2) is 66.7 Å². The first-order chi connectivity index (χ1) is 12.6. The van der Waals surface area contributed by atoms with Gasteiger partial charge in [-0.05, 0) is 48.2 Å². The van der Waals surface area contributed by atoms with Crippen LogP contribution in [0.5, 0.6) is 0 Å². The zero-order valence-electron chi connectivity index (χ0n) is 14.6. The third-order valence-corrected chi connectivity index (χ3v) is 4.81. The maximum atomic E-state index is 12.6. The Morgan fingerprint density at radius 2 is 1.73 bits per heavy atom. The lowest BCUT2D eigenvalue weighted by Gasteiger charge is -2.14. The second-order valence-corrected chi connectivity index (χ2v) is 6.63. The second-order valence-electron chi connectivity index (χ2n) is 6.63. The molecule has 1 aliphatic carbocycles. The van der Waals surface area contributed by atoms with Gasteiger partial charge < -0.3 is 5.32 Å². The number of rotatable bonds is 3. The highest BCUT2D eigenvalue weighted by Gasteiger charge is 2.27.